The zero-order valence-corrected chi connectivity index (χ0v) is 10.3. The number of hydrogen-bond acceptors (Lipinski definition) is 2. The first kappa shape index (κ1) is 11.0. The fourth-order valence-corrected chi connectivity index (χ4v) is 1.49. The Morgan fingerprint density at radius 2 is 2.38 bits per heavy atom. The van der Waals surface area contributed by atoms with Gasteiger partial charge in [-0.2, -0.15) is 5.10 Å². The van der Waals surface area contributed by atoms with E-state index < -0.39 is 0 Å². The second-order valence-corrected chi connectivity index (χ2v) is 4.77. The summed E-state index contributed by atoms with van der Waals surface area (Å²) >= 11 is 2.27. The Labute approximate surface area is 93.0 Å². The number of nitrogens with one attached hydrogen (secondary N) is 1. The summed E-state index contributed by atoms with van der Waals surface area (Å²) in [6.45, 7) is 7.46. The van der Waals surface area contributed by atoms with Crippen LogP contribution in [0.1, 0.15) is 13.8 Å². The molecule has 0 aliphatic rings. The van der Waals surface area contributed by atoms with E-state index in [0.29, 0.717) is 0 Å². The van der Waals surface area contributed by atoms with Crippen molar-refractivity contribution in [3.8, 4) is 0 Å². The minimum Gasteiger partial charge on any atom is -0.315 e. The number of nitrogens with zero attached hydrogens (tertiary/aromatic N) is 2. The number of rotatable bonds is 5. The van der Waals surface area contributed by atoms with Crippen LogP contribution < -0.4 is 5.32 Å². The highest BCUT2D eigenvalue weighted by Gasteiger charge is 1.95. The summed E-state index contributed by atoms with van der Waals surface area (Å²) in [5.41, 5.74) is 0. The maximum atomic E-state index is 4.20. The monoisotopic (exact) mass is 293 g/mol. The van der Waals surface area contributed by atoms with Crippen LogP contribution in [0.3, 0.4) is 0 Å². The van der Waals surface area contributed by atoms with Gasteiger partial charge in [-0.3, -0.25) is 4.68 Å². The van der Waals surface area contributed by atoms with Gasteiger partial charge in [-0.05, 0) is 35.1 Å². The van der Waals surface area contributed by atoms with E-state index in [1.807, 2.05) is 10.9 Å². The van der Waals surface area contributed by atoms with Crippen LogP contribution in [0, 0.1) is 9.49 Å². The molecule has 0 atom stereocenters. The van der Waals surface area contributed by atoms with Crippen LogP contribution >= 0.6 is 22.6 Å². The van der Waals surface area contributed by atoms with Gasteiger partial charge in [0.1, 0.15) is 0 Å². The summed E-state index contributed by atoms with van der Waals surface area (Å²) in [6, 6.07) is 0. The van der Waals surface area contributed by atoms with Crippen LogP contribution in [0.5, 0.6) is 0 Å². The maximum absolute atomic E-state index is 4.20. The molecule has 0 saturated carbocycles. The molecule has 74 valence electrons. The molecule has 1 aromatic rings. The summed E-state index contributed by atoms with van der Waals surface area (Å²) in [6.07, 6.45) is 3.93. The lowest BCUT2D eigenvalue weighted by atomic mass is 10.2. The third kappa shape index (κ3) is 4.61. The zero-order chi connectivity index (χ0) is 9.68. The SMILES string of the molecule is CC(C)CNCCn1cc(I)cn1. The molecule has 0 saturated heterocycles. The van der Waals surface area contributed by atoms with Gasteiger partial charge in [0.25, 0.3) is 0 Å². The Bertz CT molecular complexity index is 245. The zero-order valence-electron chi connectivity index (χ0n) is 8.13. The van der Waals surface area contributed by atoms with Crippen molar-refractivity contribution in [3.63, 3.8) is 0 Å². The van der Waals surface area contributed by atoms with Gasteiger partial charge in [0.2, 0.25) is 0 Å². The highest BCUT2D eigenvalue weighted by Crippen LogP contribution is 2.00. The minimum absolute atomic E-state index is 0.720. The Morgan fingerprint density at radius 1 is 1.62 bits per heavy atom. The van der Waals surface area contributed by atoms with Gasteiger partial charge in [0.15, 0.2) is 0 Å². The van der Waals surface area contributed by atoms with Crippen molar-refractivity contribution in [2.45, 2.75) is 20.4 Å². The molecule has 13 heavy (non-hydrogen) atoms. The van der Waals surface area contributed by atoms with Gasteiger partial charge in [-0.15, -0.1) is 0 Å². The summed E-state index contributed by atoms with van der Waals surface area (Å²) < 4.78 is 3.16. The molecule has 4 heteroatoms. The molecule has 0 unspecified atom stereocenters. The van der Waals surface area contributed by atoms with E-state index in [2.05, 4.69) is 53.1 Å². The topological polar surface area (TPSA) is 29.9 Å². The molecule has 0 radical (unpaired) electrons. The molecule has 0 bridgehead atoms. The van der Waals surface area contributed by atoms with E-state index in [1.54, 1.807) is 0 Å². The first-order valence-corrected chi connectivity index (χ1v) is 5.65. The minimum atomic E-state index is 0.720. The largest absolute Gasteiger partial charge is 0.315 e. The molecule has 0 amide bonds. The third-order valence-electron chi connectivity index (χ3n) is 1.67. The van der Waals surface area contributed by atoms with E-state index in [4.69, 9.17) is 0 Å². The van der Waals surface area contributed by atoms with Gasteiger partial charge in [-0.1, -0.05) is 13.8 Å². The second kappa shape index (κ2) is 5.59. The molecule has 0 aromatic carbocycles. The highest BCUT2D eigenvalue weighted by atomic mass is 127. The quantitative estimate of drug-likeness (QED) is 0.662. The molecule has 1 aromatic heterocycles. The van der Waals surface area contributed by atoms with Gasteiger partial charge in [0, 0.05) is 12.7 Å². The van der Waals surface area contributed by atoms with Crippen molar-refractivity contribution in [1.29, 1.82) is 0 Å². The van der Waals surface area contributed by atoms with Gasteiger partial charge >= 0.3 is 0 Å². The first-order chi connectivity index (χ1) is 6.18. The molecule has 1 rings (SSSR count). The Morgan fingerprint density at radius 3 is 2.92 bits per heavy atom. The lowest BCUT2D eigenvalue weighted by Gasteiger charge is -2.06. The third-order valence-corrected chi connectivity index (χ3v) is 2.23. The molecule has 3 nitrogen and oxygen atoms in total. The van der Waals surface area contributed by atoms with Crippen LogP contribution in [-0.2, 0) is 6.54 Å². The van der Waals surface area contributed by atoms with Crippen molar-refractivity contribution in [2.24, 2.45) is 5.92 Å². The lowest BCUT2D eigenvalue weighted by molar-refractivity contribution is 0.506. The van der Waals surface area contributed by atoms with Crippen molar-refractivity contribution in [3.05, 3.63) is 16.0 Å². The predicted octanol–water partition coefficient (Wildman–Crippen LogP) is 1.73. The van der Waals surface area contributed by atoms with E-state index in [1.165, 1.54) is 3.57 Å². The van der Waals surface area contributed by atoms with Crippen LogP contribution in [0.2, 0.25) is 0 Å². The molecule has 1 N–H and O–H groups in total. The van der Waals surface area contributed by atoms with E-state index in [9.17, 15) is 0 Å². The first-order valence-electron chi connectivity index (χ1n) is 4.57. The van der Waals surface area contributed by atoms with Crippen molar-refractivity contribution >= 4 is 22.6 Å². The number of aromatic nitrogens is 2. The fourth-order valence-electron chi connectivity index (χ4n) is 1.04. The Balaban J connectivity index is 2.13. The highest BCUT2D eigenvalue weighted by molar-refractivity contribution is 14.1. The van der Waals surface area contributed by atoms with E-state index in [0.717, 1.165) is 25.6 Å². The van der Waals surface area contributed by atoms with Gasteiger partial charge in [-0.25, -0.2) is 0 Å². The van der Waals surface area contributed by atoms with Crippen LogP contribution in [0.15, 0.2) is 12.4 Å². The van der Waals surface area contributed by atoms with E-state index >= 15 is 0 Å². The molecule has 1 heterocycles. The smallest absolute Gasteiger partial charge is 0.0623 e. The lowest BCUT2D eigenvalue weighted by Crippen LogP contribution is -2.24. The molecule has 0 fully saturated rings. The van der Waals surface area contributed by atoms with Crippen LogP contribution in [0.25, 0.3) is 0 Å². The van der Waals surface area contributed by atoms with Crippen molar-refractivity contribution < 1.29 is 0 Å². The summed E-state index contributed by atoms with van der Waals surface area (Å²) in [4.78, 5) is 0. The Hall–Kier alpha value is -0.100. The average Bonchev–Trinajstić information content (AvgIpc) is 2.45. The standard InChI is InChI=1S/C9H16IN3/c1-8(2)5-11-3-4-13-7-9(10)6-12-13/h6-8,11H,3-5H2,1-2H3. The van der Waals surface area contributed by atoms with Crippen LogP contribution in [0.4, 0.5) is 0 Å². The predicted molar refractivity (Wildman–Crippen MR) is 62.7 cm³/mol. The molecule has 0 spiro atoms. The number of halogens is 1. The van der Waals surface area contributed by atoms with Gasteiger partial charge < -0.3 is 5.32 Å². The molecule has 0 aliphatic carbocycles. The fraction of sp³-hybridized carbons (Fsp3) is 0.667. The van der Waals surface area contributed by atoms with Crippen LogP contribution in [-0.4, -0.2) is 22.9 Å². The Kier molecular flexibility index (Phi) is 4.72. The summed E-state index contributed by atoms with van der Waals surface area (Å²) in [5, 5.41) is 7.58. The molecular weight excluding hydrogens is 277 g/mol. The second-order valence-electron chi connectivity index (χ2n) is 3.52. The van der Waals surface area contributed by atoms with E-state index in [-0.39, 0.29) is 0 Å². The average molecular weight is 293 g/mol. The normalized spacial score (nSPS) is 11.1. The summed E-state index contributed by atoms with van der Waals surface area (Å²) in [5.74, 6) is 0.720. The maximum Gasteiger partial charge on any atom is 0.0623 e. The molecule has 0 aliphatic heterocycles. The number of hydrogen-bond donors (Lipinski definition) is 1. The van der Waals surface area contributed by atoms with Crippen molar-refractivity contribution in [1.82, 2.24) is 15.1 Å². The van der Waals surface area contributed by atoms with Crippen molar-refractivity contribution in [2.75, 3.05) is 13.1 Å². The summed E-state index contributed by atoms with van der Waals surface area (Å²) in [7, 11) is 0. The van der Waals surface area contributed by atoms with Gasteiger partial charge in [0.05, 0.1) is 16.3 Å². The molecular formula is C9H16IN3.